The quantitative estimate of drug-likeness (QED) is 0.727. The van der Waals surface area contributed by atoms with Gasteiger partial charge in [0.1, 0.15) is 0 Å². The maximum Gasteiger partial charge on any atom is 0.282 e. The summed E-state index contributed by atoms with van der Waals surface area (Å²) in [6.45, 7) is 8.04. The van der Waals surface area contributed by atoms with Crippen molar-refractivity contribution in [2.75, 3.05) is 39.3 Å². The zero-order valence-corrected chi connectivity index (χ0v) is 13.2. The minimum atomic E-state index is -3.35. The van der Waals surface area contributed by atoms with Gasteiger partial charge >= 0.3 is 0 Å². The maximum absolute atomic E-state index is 12.9. The van der Waals surface area contributed by atoms with Gasteiger partial charge in [-0.15, -0.1) is 0 Å². The average Bonchev–Trinajstić information content (AvgIpc) is 2.84. The predicted octanol–water partition coefficient (Wildman–Crippen LogP) is 0.120. The third kappa shape index (κ3) is 2.62. The van der Waals surface area contributed by atoms with Crippen LogP contribution in [0.25, 0.3) is 0 Å². The van der Waals surface area contributed by atoms with Crippen LogP contribution >= 0.6 is 0 Å². The molecule has 3 saturated heterocycles. The summed E-state index contributed by atoms with van der Waals surface area (Å²) in [7, 11) is -3.35. The number of morpholine rings is 1. The molecule has 6 nitrogen and oxygen atoms in total. The lowest BCUT2D eigenvalue weighted by Gasteiger charge is -2.44. The van der Waals surface area contributed by atoms with E-state index in [1.165, 1.54) is 6.42 Å². The third-order valence-electron chi connectivity index (χ3n) is 4.71. The van der Waals surface area contributed by atoms with Crippen LogP contribution in [0.3, 0.4) is 0 Å². The van der Waals surface area contributed by atoms with E-state index in [2.05, 4.69) is 4.90 Å². The summed E-state index contributed by atoms with van der Waals surface area (Å²) in [5.41, 5.74) is 0. The first-order valence-corrected chi connectivity index (χ1v) is 9.01. The monoisotopic (exact) mass is 303 g/mol. The van der Waals surface area contributed by atoms with Crippen LogP contribution in [0.1, 0.15) is 26.7 Å². The highest BCUT2D eigenvalue weighted by Gasteiger charge is 2.42. The lowest BCUT2D eigenvalue weighted by Crippen LogP contribution is -2.61. The van der Waals surface area contributed by atoms with Crippen LogP contribution in [-0.2, 0) is 14.9 Å². The number of hydrogen-bond acceptors (Lipinski definition) is 4. The smallest absolute Gasteiger partial charge is 0.282 e. The molecule has 0 saturated carbocycles. The molecule has 0 aromatic carbocycles. The van der Waals surface area contributed by atoms with Gasteiger partial charge in [0.2, 0.25) is 0 Å². The number of hydrogen-bond donors (Lipinski definition) is 0. The summed E-state index contributed by atoms with van der Waals surface area (Å²) < 4.78 is 34.5. The Morgan fingerprint density at radius 1 is 1.10 bits per heavy atom. The Hall–Kier alpha value is -0.210. The van der Waals surface area contributed by atoms with E-state index in [0.717, 1.165) is 19.5 Å². The molecule has 3 atom stereocenters. The largest absolute Gasteiger partial charge is 0.376 e. The second kappa shape index (κ2) is 5.53. The van der Waals surface area contributed by atoms with Gasteiger partial charge in [-0.25, -0.2) is 0 Å². The van der Waals surface area contributed by atoms with Gasteiger partial charge in [-0.1, -0.05) is 0 Å². The van der Waals surface area contributed by atoms with Crippen molar-refractivity contribution >= 4 is 10.2 Å². The normalized spacial score (nSPS) is 38.0. The zero-order chi connectivity index (χ0) is 14.3. The summed E-state index contributed by atoms with van der Waals surface area (Å²) in [4.78, 5) is 2.44. The third-order valence-corrected chi connectivity index (χ3v) is 6.79. The fourth-order valence-electron chi connectivity index (χ4n) is 3.63. The van der Waals surface area contributed by atoms with Gasteiger partial charge in [-0.05, 0) is 33.2 Å². The van der Waals surface area contributed by atoms with Crippen molar-refractivity contribution < 1.29 is 13.2 Å². The lowest BCUT2D eigenvalue weighted by molar-refractivity contribution is 0.00610. The molecule has 116 valence electrons. The van der Waals surface area contributed by atoms with Gasteiger partial charge < -0.3 is 4.74 Å². The molecule has 0 aliphatic carbocycles. The van der Waals surface area contributed by atoms with Crippen LogP contribution in [0.5, 0.6) is 0 Å². The van der Waals surface area contributed by atoms with Crippen molar-refractivity contribution in [3.05, 3.63) is 0 Å². The highest BCUT2D eigenvalue weighted by molar-refractivity contribution is 7.86. The van der Waals surface area contributed by atoms with Gasteiger partial charge in [-0.3, -0.25) is 4.90 Å². The van der Waals surface area contributed by atoms with E-state index in [-0.39, 0.29) is 12.1 Å². The predicted molar refractivity (Wildman–Crippen MR) is 76.7 cm³/mol. The van der Waals surface area contributed by atoms with Gasteiger partial charge in [0.25, 0.3) is 10.2 Å². The summed E-state index contributed by atoms with van der Waals surface area (Å²) in [5.74, 6) is 0. The number of nitrogens with zero attached hydrogens (tertiary/aromatic N) is 3. The first-order valence-electron chi connectivity index (χ1n) is 7.61. The molecule has 0 radical (unpaired) electrons. The van der Waals surface area contributed by atoms with E-state index in [1.54, 1.807) is 8.61 Å². The fourth-order valence-corrected chi connectivity index (χ4v) is 5.51. The molecule has 0 aromatic rings. The van der Waals surface area contributed by atoms with Crippen molar-refractivity contribution in [1.29, 1.82) is 0 Å². The van der Waals surface area contributed by atoms with Gasteiger partial charge in [0, 0.05) is 38.3 Å². The van der Waals surface area contributed by atoms with E-state index in [4.69, 9.17) is 4.74 Å². The Bertz CT molecular complexity index is 456. The van der Waals surface area contributed by atoms with Crippen LogP contribution in [-0.4, -0.2) is 79.4 Å². The summed E-state index contributed by atoms with van der Waals surface area (Å²) in [6.07, 6.45) is 2.31. The standard InChI is InChI=1S/C13H25N3O3S/c1-11-8-14-5-3-4-13(14)10-16(11)20(17,18)15-6-7-19-12(2)9-15/h11-13H,3-10H2,1-2H3/t11-,12+,13-/m0/s1. The molecule has 3 aliphatic rings. The molecule has 0 aromatic heterocycles. The van der Waals surface area contributed by atoms with Gasteiger partial charge in [0.05, 0.1) is 12.7 Å². The summed E-state index contributed by atoms with van der Waals surface area (Å²) in [6, 6.07) is 0.479. The van der Waals surface area contributed by atoms with Crippen molar-refractivity contribution in [3.63, 3.8) is 0 Å². The van der Waals surface area contributed by atoms with Crippen molar-refractivity contribution in [1.82, 2.24) is 13.5 Å². The number of piperazine rings is 1. The molecule has 20 heavy (non-hydrogen) atoms. The fraction of sp³-hybridized carbons (Fsp3) is 1.00. The molecule has 7 heteroatoms. The molecule has 3 fully saturated rings. The van der Waals surface area contributed by atoms with Crippen LogP contribution in [0.2, 0.25) is 0 Å². The van der Waals surface area contributed by atoms with Crippen molar-refractivity contribution in [3.8, 4) is 0 Å². The number of rotatable bonds is 2. The highest BCUT2D eigenvalue weighted by atomic mass is 32.2. The van der Waals surface area contributed by atoms with Crippen LogP contribution in [0.15, 0.2) is 0 Å². The van der Waals surface area contributed by atoms with Crippen LogP contribution < -0.4 is 0 Å². The van der Waals surface area contributed by atoms with E-state index >= 15 is 0 Å². The van der Waals surface area contributed by atoms with Gasteiger partial charge in [0.15, 0.2) is 0 Å². The molecule has 3 rings (SSSR count). The second-order valence-corrected chi connectivity index (χ2v) is 8.14. The minimum Gasteiger partial charge on any atom is -0.376 e. The summed E-state index contributed by atoms with van der Waals surface area (Å²) in [5, 5.41) is 0. The molecular formula is C13H25N3O3S. The lowest BCUT2D eigenvalue weighted by atomic mass is 10.1. The first kappa shape index (κ1) is 14.7. The van der Waals surface area contributed by atoms with Crippen molar-refractivity contribution in [2.24, 2.45) is 0 Å². The molecule has 3 heterocycles. The Morgan fingerprint density at radius 3 is 2.65 bits per heavy atom. The van der Waals surface area contributed by atoms with E-state index in [1.807, 2.05) is 13.8 Å². The number of fused-ring (bicyclic) bond motifs is 1. The van der Waals surface area contributed by atoms with Crippen molar-refractivity contribution in [2.45, 2.75) is 44.9 Å². The molecule has 3 aliphatic heterocycles. The minimum absolute atomic E-state index is 0.0124. The Kier molecular flexibility index (Phi) is 4.07. The Labute approximate surface area is 121 Å². The molecule has 0 amide bonds. The topological polar surface area (TPSA) is 53.1 Å². The average molecular weight is 303 g/mol. The second-order valence-electron chi connectivity index (χ2n) is 6.26. The Balaban J connectivity index is 1.76. The zero-order valence-electron chi connectivity index (χ0n) is 12.4. The van der Waals surface area contributed by atoms with E-state index < -0.39 is 10.2 Å². The number of ether oxygens (including phenoxy) is 1. The SMILES string of the molecule is C[C@@H]1CN(S(=O)(=O)N2C[C@@H]3CCCN3C[C@@H]2C)CCO1. The summed E-state index contributed by atoms with van der Waals surface area (Å²) >= 11 is 0. The molecule has 0 spiro atoms. The molecular weight excluding hydrogens is 278 g/mol. The van der Waals surface area contributed by atoms with Crippen LogP contribution in [0, 0.1) is 0 Å². The van der Waals surface area contributed by atoms with Crippen LogP contribution in [0.4, 0.5) is 0 Å². The molecule has 0 bridgehead atoms. The maximum atomic E-state index is 12.9. The van der Waals surface area contributed by atoms with E-state index in [0.29, 0.717) is 32.3 Å². The van der Waals surface area contributed by atoms with Gasteiger partial charge in [-0.2, -0.15) is 17.0 Å². The molecule has 0 N–H and O–H groups in total. The Morgan fingerprint density at radius 2 is 1.90 bits per heavy atom. The first-order chi connectivity index (χ1) is 9.48. The molecule has 0 unspecified atom stereocenters. The highest BCUT2D eigenvalue weighted by Crippen LogP contribution is 2.28. The van der Waals surface area contributed by atoms with E-state index in [9.17, 15) is 8.42 Å².